The summed E-state index contributed by atoms with van der Waals surface area (Å²) in [5.41, 5.74) is -0.540. The number of benzene rings is 1. The summed E-state index contributed by atoms with van der Waals surface area (Å²) in [5.74, 6) is -0.176. The summed E-state index contributed by atoms with van der Waals surface area (Å²) in [4.78, 5) is 10.8. The molecule has 5 heteroatoms. The van der Waals surface area contributed by atoms with Crippen molar-refractivity contribution in [2.24, 2.45) is 0 Å². The lowest BCUT2D eigenvalue weighted by atomic mass is 9.77. The zero-order chi connectivity index (χ0) is 12.5. The van der Waals surface area contributed by atoms with E-state index >= 15 is 0 Å². The second-order valence-corrected chi connectivity index (χ2v) is 5.57. The number of hydrogen-bond donors (Lipinski definition) is 1. The van der Waals surface area contributed by atoms with E-state index in [1.54, 1.807) is 18.2 Å². The van der Waals surface area contributed by atoms with Crippen molar-refractivity contribution in [3.63, 3.8) is 0 Å². The first-order valence-electron chi connectivity index (χ1n) is 5.37. The maximum atomic E-state index is 10.8. The van der Waals surface area contributed by atoms with Gasteiger partial charge < -0.3 is 9.84 Å². The van der Waals surface area contributed by atoms with Gasteiger partial charge in [0.05, 0.1) is 10.9 Å². The fourth-order valence-electron chi connectivity index (χ4n) is 1.95. The van der Waals surface area contributed by atoms with Gasteiger partial charge in [-0.1, -0.05) is 11.6 Å². The number of halogens is 2. The molecule has 0 saturated heterocycles. The van der Waals surface area contributed by atoms with Crippen LogP contribution in [0.5, 0.6) is 5.75 Å². The van der Waals surface area contributed by atoms with Crippen LogP contribution < -0.4 is 4.74 Å². The molecule has 3 nitrogen and oxygen atoms in total. The Kier molecular flexibility index (Phi) is 3.64. The maximum Gasteiger partial charge on any atom is 0.307 e. The second-order valence-electron chi connectivity index (χ2n) is 4.28. The van der Waals surface area contributed by atoms with Crippen LogP contribution in [0.15, 0.2) is 22.7 Å². The van der Waals surface area contributed by atoms with Gasteiger partial charge in [0.25, 0.3) is 0 Å². The first-order valence-corrected chi connectivity index (χ1v) is 6.54. The molecule has 1 aliphatic carbocycles. The standard InChI is InChI=1S/C12H12BrClO3/c13-9-6-8(14)2-3-10(9)17-12(4-1-5-12)7-11(15)16/h2-3,6H,1,4-5,7H2,(H,15,16). The highest BCUT2D eigenvalue weighted by molar-refractivity contribution is 9.10. The monoisotopic (exact) mass is 318 g/mol. The average molecular weight is 320 g/mol. The lowest BCUT2D eigenvalue weighted by molar-refractivity contribution is -0.144. The summed E-state index contributed by atoms with van der Waals surface area (Å²) in [7, 11) is 0. The molecule has 0 spiro atoms. The van der Waals surface area contributed by atoms with Crippen LogP contribution in [0.3, 0.4) is 0 Å². The van der Waals surface area contributed by atoms with Crippen molar-refractivity contribution in [2.45, 2.75) is 31.3 Å². The molecule has 0 unspecified atom stereocenters. The van der Waals surface area contributed by atoms with Crippen molar-refractivity contribution in [1.82, 2.24) is 0 Å². The summed E-state index contributed by atoms with van der Waals surface area (Å²) < 4.78 is 6.60. The van der Waals surface area contributed by atoms with Gasteiger partial charge in [0.1, 0.15) is 11.4 Å². The van der Waals surface area contributed by atoms with Crippen molar-refractivity contribution in [3.05, 3.63) is 27.7 Å². The quantitative estimate of drug-likeness (QED) is 0.916. The summed E-state index contributed by atoms with van der Waals surface area (Å²) in [6.45, 7) is 0. The Balaban J connectivity index is 2.15. The molecule has 2 rings (SSSR count). The van der Waals surface area contributed by atoms with Crippen LogP contribution in [0, 0.1) is 0 Å². The van der Waals surface area contributed by atoms with Crippen LogP contribution in [-0.4, -0.2) is 16.7 Å². The molecule has 1 saturated carbocycles. The van der Waals surface area contributed by atoms with Gasteiger partial charge in [-0.3, -0.25) is 4.79 Å². The average Bonchev–Trinajstić information content (AvgIpc) is 2.18. The molecule has 92 valence electrons. The van der Waals surface area contributed by atoms with Gasteiger partial charge in [-0.15, -0.1) is 0 Å². The van der Waals surface area contributed by atoms with Crippen molar-refractivity contribution in [3.8, 4) is 5.75 Å². The number of rotatable bonds is 4. The molecule has 0 aromatic heterocycles. The molecule has 0 amide bonds. The van der Waals surface area contributed by atoms with Crippen LogP contribution in [0.4, 0.5) is 0 Å². The number of hydrogen-bond acceptors (Lipinski definition) is 2. The van der Waals surface area contributed by atoms with Gasteiger partial charge in [0.2, 0.25) is 0 Å². The van der Waals surface area contributed by atoms with E-state index in [1.165, 1.54) is 0 Å². The van der Waals surface area contributed by atoms with Crippen LogP contribution >= 0.6 is 27.5 Å². The van der Waals surface area contributed by atoms with E-state index in [1.807, 2.05) is 0 Å². The zero-order valence-corrected chi connectivity index (χ0v) is 11.4. The van der Waals surface area contributed by atoms with E-state index in [0.717, 1.165) is 23.7 Å². The van der Waals surface area contributed by atoms with Crippen molar-refractivity contribution in [2.75, 3.05) is 0 Å². The molecule has 1 aromatic carbocycles. The smallest absolute Gasteiger partial charge is 0.307 e. The molecule has 1 aliphatic rings. The Labute approximate surface area is 113 Å². The first-order chi connectivity index (χ1) is 8.01. The lowest BCUT2D eigenvalue weighted by Crippen LogP contribution is -2.45. The molecular formula is C12H12BrClO3. The van der Waals surface area contributed by atoms with Crippen LogP contribution in [0.1, 0.15) is 25.7 Å². The Morgan fingerprint density at radius 2 is 2.24 bits per heavy atom. The third-order valence-corrected chi connectivity index (χ3v) is 3.81. The van der Waals surface area contributed by atoms with E-state index in [4.69, 9.17) is 21.4 Å². The maximum absolute atomic E-state index is 10.8. The summed E-state index contributed by atoms with van der Waals surface area (Å²) in [6.07, 6.45) is 2.63. The van der Waals surface area contributed by atoms with Gasteiger partial charge in [-0.05, 0) is 53.4 Å². The van der Waals surface area contributed by atoms with Gasteiger partial charge >= 0.3 is 5.97 Å². The van der Waals surface area contributed by atoms with E-state index < -0.39 is 11.6 Å². The molecule has 1 N–H and O–H groups in total. The zero-order valence-electron chi connectivity index (χ0n) is 9.08. The van der Waals surface area contributed by atoms with Gasteiger partial charge in [-0.2, -0.15) is 0 Å². The van der Waals surface area contributed by atoms with Crippen molar-refractivity contribution < 1.29 is 14.6 Å². The highest BCUT2D eigenvalue weighted by Gasteiger charge is 2.41. The summed E-state index contributed by atoms with van der Waals surface area (Å²) >= 11 is 9.20. The van der Waals surface area contributed by atoms with Crippen LogP contribution in [-0.2, 0) is 4.79 Å². The molecule has 1 aromatic rings. The normalized spacial score (nSPS) is 17.3. The van der Waals surface area contributed by atoms with Crippen molar-refractivity contribution in [1.29, 1.82) is 0 Å². The SMILES string of the molecule is O=C(O)CC1(Oc2ccc(Cl)cc2Br)CCC1. The van der Waals surface area contributed by atoms with E-state index in [9.17, 15) is 4.79 Å². The van der Waals surface area contributed by atoms with Gasteiger partial charge in [0.15, 0.2) is 0 Å². The molecule has 17 heavy (non-hydrogen) atoms. The minimum atomic E-state index is -0.824. The second kappa shape index (κ2) is 4.86. The number of carboxylic acid groups (broad SMARTS) is 1. The Morgan fingerprint density at radius 3 is 2.71 bits per heavy atom. The number of carboxylic acids is 1. The fourth-order valence-corrected chi connectivity index (χ4v) is 2.72. The Hall–Kier alpha value is -0.740. The van der Waals surface area contributed by atoms with Crippen LogP contribution in [0.2, 0.25) is 5.02 Å². The van der Waals surface area contributed by atoms with Gasteiger partial charge in [-0.25, -0.2) is 0 Å². The largest absolute Gasteiger partial charge is 0.485 e. The molecule has 0 aliphatic heterocycles. The minimum Gasteiger partial charge on any atom is -0.485 e. The van der Waals surface area contributed by atoms with Crippen LogP contribution in [0.25, 0.3) is 0 Å². The summed E-state index contributed by atoms with van der Waals surface area (Å²) in [6, 6.07) is 5.23. The molecule has 0 atom stereocenters. The Morgan fingerprint density at radius 1 is 1.53 bits per heavy atom. The minimum absolute atomic E-state index is 0.0437. The van der Waals surface area contributed by atoms with Crippen molar-refractivity contribution >= 4 is 33.5 Å². The molecule has 0 bridgehead atoms. The summed E-state index contributed by atoms with van der Waals surface area (Å²) in [5, 5.41) is 9.51. The Bertz CT molecular complexity index is 443. The third-order valence-electron chi connectivity index (χ3n) is 2.96. The highest BCUT2D eigenvalue weighted by atomic mass is 79.9. The fraction of sp³-hybridized carbons (Fsp3) is 0.417. The third kappa shape index (κ3) is 2.93. The molecule has 0 radical (unpaired) electrons. The van der Waals surface area contributed by atoms with Gasteiger partial charge in [0, 0.05) is 5.02 Å². The highest BCUT2D eigenvalue weighted by Crippen LogP contribution is 2.41. The molecule has 1 fully saturated rings. The number of ether oxygens (including phenoxy) is 1. The van der Waals surface area contributed by atoms with E-state index in [2.05, 4.69) is 15.9 Å². The van der Waals surface area contributed by atoms with E-state index in [-0.39, 0.29) is 6.42 Å². The molecule has 0 heterocycles. The topological polar surface area (TPSA) is 46.5 Å². The predicted octanol–water partition coefficient (Wildman–Crippen LogP) is 3.88. The predicted molar refractivity (Wildman–Crippen MR) is 68.6 cm³/mol. The number of carbonyl (C=O) groups is 1. The van der Waals surface area contributed by atoms with E-state index in [0.29, 0.717) is 10.8 Å². The molecular weight excluding hydrogens is 307 g/mol. The lowest BCUT2D eigenvalue weighted by Gasteiger charge is -2.41. The number of aliphatic carboxylic acids is 1. The first kappa shape index (κ1) is 12.7.